The van der Waals surface area contributed by atoms with Crippen LogP contribution in [0.5, 0.6) is 0 Å². The molecule has 20 heavy (non-hydrogen) atoms. The monoisotopic (exact) mass is 298 g/mol. The van der Waals surface area contributed by atoms with Crippen molar-refractivity contribution in [1.82, 2.24) is 10.2 Å². The van der Waals surface area contributed by atoms with E-state index in [0.717, 1.165) is 26.1 Å². The highest BCUT2D eigenvalue weighted by Crippen LogP contribution is 2.27. The van der Waals surface area contributed by atoms with E-state index in [1.807, 2.05) is 11.8 Å². The Bertz CT molecular complexity index is 362. The van der Waals surface area contributed by atoms with Crippen LogP contribution in [0.2, 0.25) is 0 Å². The van der Waals surface area contributed by atoms with E-state index in [9.17, 15) is 18.0 Å². The third kappa shape index (κ3) is 4.26. The van der Waals surface area contributed by atoms with E-state index in [0.29, 0.717) is 18.6 Å². The zero-order valence-corrected chi connectivity index (χ0v) is 10.9. The lowest BCUT2D eigenvalue weighted by atomic mass is 10.1. The van der Waals surface area contributed by atoms with Crippen LogP contribution in [0, 0.1) is 5.92 Å². The van der Waals surface area contributed by atoms with Gasteiger partial charge in [0, 0.05) is 19.6 Å². The number of hydrogen-bond acceptors (Lipinski definition) is 4. The van der Waals surface area contributed by atoms with Crippen LogP contribution >= 0.6 is 0 Å². The first-order chi connectivity index (χ1) is 9.27. The van der Waals surface area contributed by atoms with Gasteiger partial charge in [0.05, 0.1) is 12.6 Å². The largest absolute Gasteiger partial charge is 0.490 e. The van der Waals surface area contributed by atoms with Crippen molar-refractivity contribution >= 4 is 12.1 Å². The Kier molecular flexibility index (Phi) is 5.61. The van der Waals surface area contributed by atoms with Gasteiger partial charge in [-0.05, 0) is 19.3 Å². The molecule has 1 amide bonds. The average molecular weight is 298 g/mol. The van der Waals surface area contributed by atoms with E-state index >= 15 is 0 Å². The maximum atomic E-state index is 11.5. The first-order valence-corrected chi connectivity index (χ1v) is 6.21. The number of hydrogen-bond donors (Lipinski definition) is 2. The number of nitrogens with zero attached hydrogens (tertiary/aromatic N) is 1. The summed E-state index contributed by atoms with van der Waals surface area (Å²) < 4.78 is 36.7. The lowest BCUT2D eigenvalue weighted by molar-refractivity contribution is -0.192. The number of carboxylic acids is 1. The van der Waals surface area contributed by atoms with Gasteiger partial charge in [-0.2, -0.15) is 13.2 Å². The molecule has 2 aliphatic heterocycles. The van der Waals surface area contributed by atoms with Crippen LogP contribution in [0.4, 0.5) is 18.0 Å². The smallest absolute Gasteiger partial charge is 0.475 e. The van der Waals surface area contributed by atoms with E-state index < -0.39 is 12.1 Å². The number of carboxylic acid groups (broad SMARTS) is 1. The van der Waals surface area contributed by atoms with Crippen LogP contribution < -0.4 is 5.32 Å². The van der Waals surface area contributed by atoms with Gasteiger partial charge in [-0.15, -0.1) is 0 Å². The summed E-state index contributed by atoms with van der Waals surface area (Å²) in [6.45, 7) is 5.18. The van der Waals surface area contributed by atoms with Crippen molar-refractivity contribution in [3.63, 3.8) is 0 Å². The van der Waals surface area contributed by atoms with E-state index in [1.54, 1.807) is 0 Å². The lowest BCUT2D eigenvalue weighted by Gasteiger charge is -2.22. The number of carbonyl (C=O) groups is 2. The van der Waals surface area contributed by atoms with Crippen LogP contribution in [0.1, 0.15) is 13.3 Å². The number of amides is 1. The van der Waals surface area contributed by atoms with Crippen molar-refractivity contribution in [2.45, 2.75) is 25.6 Å². The molecule has 0 aromatic carbocycles. The van der Waals surface area contributed by atoms with Gasteiger partial charge in [-0.3, -0.25) is 0 Å². The van der Waals surface area contributed by atoms with Gasteiger partial charge in [0.25, 0.3) is 0 Å². The van der Waals surface area contributed by atoms with Crippen molar-refractivity contribution in [2.24, 2.45) is 5.92 Å². The molecule has 2 heterocycles. The summed E-state index contributed by atoms with van der Waals surface area (Å²) in [6, 6.07) is 0.388. The van der Waals surface area contributed by atoms with Crippen LogP contribution in [-0.4, -0.2) is 60.5 Å². The second kappa shape index (κ2) is 6.78. The van der Waals surface area contributed by atoms with Gasteiger partial charge in [0.2, 0.25) is 0 Å². The zero-order valence-electron chi connectivity index (χ0n) is 10.9. The summed E-state index contributed by atoms with van der Waals surface area (Å²) >= 11 is 0. The highest BCUT2D eigenvalue weighted by atomic mass is 19.4. The molecule has 2 N–H and O–H groups in total. The topological polar surface area (TPSA) is 78.9 Å². The molecule has 0 spiro atoms. The molecule has 0 aromatic rings. The number of fused-ring (bicyclic) bond motifs is 1. The fourth-order valence-electron chi connectivity index (χ4n) is 2.28. The fraction of sp³-hybridized carbons (Fsp3) is 0.818. The molecule has 0 saturated carbocycles. The van der Waals surface area contributed by atoms with Crippen LogP contribution in [0.15, 0.2) is 0 Å². The number of halogens is 3. The Morgan fingerprint density at radius 1 is 1.40 bits per heavy atom. The van der Waals surface area contributed by atoms with Crippen LogP contribution in [0.25, 0.3) is 0 Å². The van der Waals surface area contributed by atoms with Crippen molar-refractivity contribution in [2.75, 3.05) is 26.2 Å². The van der Waals surface area contributed by atoms with Gasteiger partial charge >= 0.3 is 18.2 Å². The van der Waals surface area contributed by atoms with Crippen LogP contribution in [0.3, 0.4) is 0 Å². The molecule has 9 heteroatoms. The van der Waals surface area contributed by atoms with Crippen molar-refractivity contribution in [3.05, 3.63) is 0 Å². The molecule has 2 saturated heterocycles. The first-order valence-electron chi connectivity index (χ1n) is 6.21. The van der Waals surface area contributed by atoms with Gasteiger partial charge in [0.15, 0.2) is 0 Å². The standard InChI is InChI=1S/C9H16N2O2.C2HF3O2/c1-2-13-9(12)11-4-3-7-5-10-6-8(7)11;3-2(4,5)1(6)7/h7-8,10H,2-6H2,1H3;(H,6,7). The number of carbonyl (C=O) groups excluding carboxylic acids is 1. The molecule has 0 radical (unpaired) electrons. The predicted molar refractivity (Wildman–Crippen MR) is 62.2 cm³/mol. The Morgan fingerprint density at radius 3 is 2.50 bits per heavy atom. The molecule has 116 valence electrons. The number of rotatable bonds is 1. The zero-order chi connectivity index (χ0) is 15.3. The van der Waals surface area contributed by atoms with E-state index in [1.165, 1.54) is 0 Å². The third-order valence-electron chi connectivity index (χ3n) is 3.19. The molecule has 6 nitrogen and oxygen atoms in total. The molecule has 0 aromatic heterocycles. The number of likely N-dealkylation sites (tertiary alicyclic amines) is 1. The summed E-state index contributed by atoms with van der Waals surface area (Å²) in [5.74, 6) is -2.10. The molecular weight excluding hydrogens is 281 g/mol. The van der Waals surface area contributed by atoms with Gasteiger partial charge in [-0.25, -0.2) is 9.59 Å². The second-order valence-corrected chi connectivity index (χ2v) is 4.47. The van der Waals surface area contributed by atoms with Gasteiger partial charge < -0.3 is 20.1 Å². The van der Waals surface area contributed by atoms with Gasteiger partial charge in [-0.1, -0.05) is 0 Å². The Hall–Kier alpha value is -1.51. The number of aliphatic carboxylic acids is 1. The summed E-state index contributed by atoms with van der Waals surface area (Å²) in [5, 5.41) is 10.4. The predicted octanol–water partition coefficient (Wildman–Crippen LogP) is 1.07. The normalized spacial score (nSPS) is 24.7. The van der Waals surface area contributed by atoms with Crippen molar-refractivity contribution < 1.29 is 32.6 Å². The molecule has 2 aliphatic rings. The number of alkyl halides is 3. The Morgan fingerprint density at radius 2 is 2.00 bits per heavy atom. The molecule has 2 fully saturated rings. The van der Waals surface area contributed by atoms with E-state index in [4.69, 9.17) is 14.6 Å². The molecule has 2 unspecified atom stereocenters. The number of ether oxygens (including phenoxy) is 1. The van der Waals surface area contributed by atoms with Crippen molar-refractivity contribution in [3.8, 4) is 0 Å². The SMILES string of the molecule is CCOC(=O)N1CCC2CNCC21.O=C(O)C(F)(F)F. The summed E-state index contributed by atoms with van der Waals surface area (Å²) in [4.78, 5) is 22.2. The Labute approximate surface area is 113 Å². The van der Waals surface area contributed by atoms with E-state index in [-0.39, 0.29) is 6.09 Å². The van der Waals surface area contributed by atoms with E-state index in [2.05, 4.69) is 5.32 Å². The minimum Gasteiger partial charge on any atom is -0.475 e. The summed E-state index contributed by atoms with van der Waals surface area (Å²) in [7, 11) is 0. The lowest BCUT2D eigenvalue weighted by Crippen LogP contribution is -2.39. The third-order valence-corrected chi connectivity index (χ3v) is 3.19. The minimum atomic E-state index is -5.08. The highest BCUT2D eigenvalue weighted by Gasteiger charge is 2.40. The summed E-state index contributed by atoms with van der Waals surface area (Å²) in [5.41, 5.74) is 0. The number of nitrogens with one attached hydrogen (secondary N) is 1. The molecule has 2 rings (SSSR count). The Balaban J connectivity index is 0.000000246. The summed E-state index contributed by atoms with van der Waals surface area (Å²) in [6.07, 6.45) is -4.10. The first kappa shape index (κ1) is 16.5. The maximum absolute atomic E-state index is 11.5. The minimum absolute atomic E-state index is 0.140. The molecule has 2 atom stereocenters. The van der Waals surface area contributed by atoms with Gasteiger partial charge in [0.1, 0.15) is 0 Å². The fourth-order valence-corrected chi connectivity index (χ4v) is 2.28. The molecule has 0 aliphatic carbocycles. The molecular formula is C11H17F3N2O4. The average Bonchev–Trinajstić information content (AvgIpc) is 2.89. The van der Waals surface area contributed by atoms with Crippen LogP contribution in [-0.2, 0) is 9.53 Å². The highest BCUT2D eigenvalue weighted by molar-refractivity contribution is 5.73. The molecule has 0 bridgehead atoms. The van der Waals surface area contributed by atoms with Crippen molar-refractivity contribution in [1.29, 1.82) is 0 Å². The quantitative estimate of drug-likeness (QED) is 0.757. The maximum Gasteiger partial charge on any atom is 0.490 e. The second-order valence-electron chi connectivity index (χ2n) is 4.47.